The van der Waals surface area contributed by atoms with Crippen molar-refractivity contribution >= 4 is 38.9 Å². The number of sulfone groups is 1. The van der Waals surface area contributed by atoms with E-state index in [0.717, 1.165) is 6.26 Å². The summed E-state index contributed by atoms with van der Waals surface area (Å²) in [5, 5.41) is 8.57. The molecule has 3 aromatic rings. The highest BCUT2D eigenvalue weighted by molar-refractivity contribution is 7.90. The minimum absolute atomic E-state index is 0.0670. The fraction of sp³-hybridized carbons (Fsp3) is 0.250. The van der Waals surface area contributed by atoms with Gasteiger partial charge in [-0.05, 0) is 36.8 Å². The number of hydrogen-bond donors (Lipinski definition) is 0. The fourth-order valence-electron chi connectivity index (χ4n) is 2.85. The van der Waals surface area contributed by atoms with E-state index in [2.05, 4.69) is 10.2 Å². The first-order valence-corrected chi connectivity index (χ1v) is 11.7. The molecule has 3 rings (SSSR count). The first kappa shape index (κ1) is 22.3. The van der Waals surface area contributed by atoms with E-state index in [9.17, 15) is 13.2 Å². The summed E-state index contributed by atoms with van der Waals surface area (Å²) in [5.41, 5.74) is 0.806. The molecule has 7 nitrogen and oxygen atoms in total. The molecule has 1 amide bonds. The molecule has 0 aliphatic rings. The molecule has 30 heavy (non-hydrogen) atoms. The lowest BCUT2D eigenvalue weighted by Gasteiger charge is -2.20. The Morgan fingerprint density at radius 2 is 1.83 bits per heavy atom. The quantitative estimate of drug-likeness (QED) is 0.507. The van der Waals surface area contributed by atoms with Gasteiger partial charge in [-0.15, -0.1) is 10.2 Å². The minimum Gasteiger partial charge on any atom is -0.419 e. The van der Waals surface area contributed by atoms with Crippen LogP contribution >= 0.6 is 23.2 Å². The molecule has 0 atom stereocenters. The van der Waals surface area contributed by atoms with Gasteiger partial charge < -0.3 is 9.32 Å². The average molecular weight is 468 g/mol. The highest BCUT2D eigenvalue weighted by Gasteiger charge is 2.22. The zero-order valence-corrected chi connectivity index (χ0v) is 18.6. The molecule has 2 aromatic carbocycles. The molecule has 0 spiro atoms. The van der Waals surface area contributed by atoms with Crippen molar-refractivity contribution in [2.75, 3.05) is 12.8 Å². The molecule has 0 aliphatic heterocycles. The van der Waals surface area contributed by atoms with Crippen molar-refractivity contribution in [2.24, 2.45) is 0 Å². The van der Waals surface area contributed by atoms with E-state index in [1.54, 1.807) is 24.3 Å². The number of aromatic nitrogens is 2. The third kappa shape index (κ3) is 5.00. The normalized spacial score (nSPS) is 11.5. The number of amides is 1. The fourth-order valence-corrected chi connectivity index (χ4v) is 4.37. The second-order valence-electron chi connectivity index (χ2n) is 6.62. The van der Waals surface area contributed by atoms with Gasteiger partial charge in [0, 0.05) is 18.4 Å². The van der Waals surface area contributed by atoms with Crippen LogP contribution in [0, 0.1) is 0 Å². The first-order valence-electron chi connectivity index (χ1n) is 9.07. The number of halogens is 2. The number of carbonyl (C=O) groups excluding carboxylic acids is 1. The van der Waals surface area contributed by atoms with Crippen molar-refractivity contribution in [3.8, 4) is 11.5 Å². The van der Waals surface area contributed by atoms with Crippen molar-refractivity contribution in [3.63, 3.8) is 0 Å². The Kier molecular flexibility index (Phi) is 6.80. The summed E-state index contributed by atoms with van der Waals surface area (Å²) in [7, 11) is -3.57. The lowest BCUT2D eigenvalue weighted by Crippen LogP contribution is -2.31. The molecule has 0 bridgehead atoms. The number of carbonyl (C=O) groups is 1. The van der Waals surface area contributed by atoms with Crippen molar-refractivity contribution < 1.29 is 17.6 Å². The molecule has 1 aromatic heterocycles. The Bertz CT molecular complexity index is 1180. The second-order valence-corrected chi connectivity index (χ2v) is 9.42. The predicted molar refractivity (Wildman–Crippen MR) is 114 cm³/mol. The van der Waals surface area contributed by atoms with Crippen LogP contribution < -0.4 is 0 Å². The molecular weight excluding hydrogens is 449 g/mol. The molecule has 0 fully saturated rings. The maximum Gasteiger partial charge on any atom is 0.254 e. The predicted octanol–water partition coefficient (Wildman–Crippen LogP) is 4.50. The molecular formula is C20H19Cl2N3O4S. The minimum atomic E-state index is -3.57. The SMILES string of the molecule is CCCN(Cc1nnc(-c2ccccc2Cl)o1)C(=O)c1ccc(Cl)c(S(C)(=O)=O)c1. The lowest BCUT2D eigenvalue weighted by atomic mass is 10.2. The van der Waals surface area contributed by atoms with Crippen LogP contribution in [-0.2, 0) is 16.4 Å². The third-order valence-corrected chi connectivity index (χ3v) is 6.16. The number of nitrogens with zero attached hydrogens (tertiary/aromatic N) is 3. The summed E-state index contributed by atoms with van der Waals surface area (Å²) >= 11 is 12.1. The van der Waals surface area contributed by atoms with E-state index in [1.807, 2.05) is 6.92 Å². The monoisotopic (exact) mass is 467 g/mol. The van der Waals surface area contributed by atoms with Gasteiger partial charge in [-0.3, -0.25) is 4.79 Å². The third-order valence-electron chi connectivity index (χ3n) is 4.26. The molecule has 0 aliphatic carbocycles. The maximum absolute atomic E-state index is 13.0. The topological polar surface area (TPSA) is 93.4 Å². The van der Waals surface area contributed by atoms with E-state index < -0.39 is 9.84 Å². The van der Waals surface area contributed by atoms with Gasteiger partial charge in [-0.2, -0.15) is 0 Å². The van der Waals surface area contributed by atoms with Gasteiger partial charge in [-0.1, -0.05) is 42.3 Å². The average Bonchev–Trinajstić information content (AvgIpc) is 3.15. The Hall–Kier alpha value is -2.42. The Balaban J connectivity index is 1.87. The van der Waals surface area contributed by atoms with Crippen LogP contribution in [0.2, 0.25) is 10.0 Å². The first-order chi connectivity index (χ1) is 14.2. The van der Waals surface area contributed by atoms with Crippen LogP contribution in [0.25, 0.3) is 11.5 Å². The number of rotatable bonds is 7. The van der Waals surface area contributed by atoms with Gasteiger partial charge in [0.15, 0.2) is 9.84 Å². The maximum atomic E-state index is 13.0. The number of hydrogen-bond acceptors (Lipinski definition) is 6. The van der Waals surface area contributed by atoms with Gasteiger partial charge in [-0.25, -0.2) is 8.42 Å². The van der Waals surface area contributed by atoms with Gasteiger partial charge >= 0.3 is 0 Å². The summed E-state index contributed by atoms with van der Waals surface area (Å²) < 4.78 is 29.5. The molecule has 0 radical (unpaired) electrons. The molecule has 0 saturated carbocycles. The summed E-state index contributed by atoms with van der Waals surface area (Å²) in [5.74, 6) is 0.130. The standard InChI is InChI=1S/C20H19Cl2N3O4S/c1-3-10-25(20(26)13-8-9-16(22)17(11-13)30(2,27)28)12-18-23-24-19(29-18)14-6-4-5-7-15(14)21/h4-9,11H,3,10,12H2,1-2H3. The van der Waals surface area contributed by atoms with E-state index in [-0.39, 0.29) is 39.7 Å². The zero-order valence-electron chi connectivity index (χ0n) is 16.3. The van der Waals surface area contributed by atoms with Crippen molar-refractivity contribution in [1.82, 2.24) is 15.1 Å². The van der Waals surface area contributed by atoms with E-state index in [1.165, 1.54) is 23.1 Å². The van der Waals surface area contributed by atoms with Crippen molar-refractivity contribution in [1.29, 1.82) is 0 Å². The van der Waals surface area contributed by atoms with Crippen LogP contribution in [0.3, 0.4) is 0 Å². The van der Waals surface area contributed by atoms with E-state index >= 15 is 0 Å². The van der Waals surface area contributed by atoms with Crippen LogP contribution in [-0.4, -0.2) is 42.2 Å². The summed E-state index contributed by atoms with van der Waals surface area (Å²) in [4.78, 5) is 14.5. The second kappa shape index (κ2) is 9.16. The largest absolute Gasteiger partial charge is 0.419 e. The zero-order chi connectivity index (χ0) is 21.9. The van der Waals surface area contributed by atoms with E-state index in [0.29, 0.717) is 23.6 Å². The summed E-state index contributed by atoms with van der Waals surface area (Å²) in [6, 6.07) is 11.2. The smallest absolute Gasteiger partial charge is 0.254 e. The molecule has 10 heteroatoms. The number of benzene rings is 2. The highest BCUT2D eigenvalue weighted by atomic mass is 35.5. The molecule has 0 N–H and O–H groups in total. The highest BCUT2D eigenvalue weighted by Crippen LogP contribution is 2.27. The van der Waals surface area contributed by atoms with Gasteiger partial charge in [0.2, 0.25) is 11.8 Å². The van der Waals surface area contributed by atoms with Gasteiger partial charge in [0.25, 0.3) is 5.91 Å². The molecule has 1 heterocycles. The Labute approximate surface area is 184 Å². The summed E-state index contributed by atoms with van der Waals surface area (Å²) in [6.07, 6.45) is 1.73. The van der Waals surface area contributed by atoms with Crippen LogP contribution in [0.15, 0.2) is 51.8 Å². The van der Waals surface area contributed by atoms with Crippen LogP contribution in [0.5, 0.6) is 0 Å². The molecule has 0 unspecified atom stereocenters. The summed E-state index contributed by atoms with van der Waals surface area (Å²) in [6.45, 7) is 2.41. The van der Waals surface area contributed by atoms with Gasteiger partial charge in [0.05, 0.1) is 27.0 Å². The molecule has 158 valence electrons. The van der Waals surface area contributed by atoms with E-state index in [4.69, 9.17) is 27.6 Å². The van der Waals surface area contributed by atoms with Crippen LogP contribution in [0.1, 0.15) is 29.6 Å². The van der Waals surface area contributed by atoms with Crippen LogP contribution in [0.4, 0.5) is 0 Å². The van der Waals surface area contributed by atoms with Crippen molar-refractivity contribution in [3.05, 3.63) is 64.0 Å². The van der Waals surface area contributed by atoms with Gasteiger partial charge in [0.1, 0.15) is 0 Å². The Morgan fingerprint density at radius 1 is 1.10 bits per heavy atom. The van der Waals surface area contributed by atoms with Crippen molar-refractivity contribution in [2.45, 2.75) is 24.8 Å². The Morgan fingerprint density at radius 3 is 2.50 bits per heavy atom. The lowest BCUT2D eigenvalue weighted by molar-refractivity contribution is 0.0728. The molecule has 0 saturated heterocycles.